The number of benzene rings is 1. The Balaban J connectivity index is 2.19. The van der Waals surface area contributed by atoms with Crippen molar-refractivity contribution in [3.8, 4) is 11.5 Å². The Bertz CT molecular complexity index is 429. The molecular formula is C12H14O5. The topological polar surface area (TPSA) is 65.0 Å². The van der Waals surface area contributed by atoms with Crippen LogP contribution in [0.1, 0.15) is 18.6 Å². The van der Waals surface area contributed by atoms with Gasteiger partial charge in [0.05, 0.1) is 19.1 Å². The molecule has 0 aromatic heterocycles. The highest BCUT2D eigenvalue weighted by Crippen LogP contribution is 2.35. The van der Waals surface area contributed by atoms with Crippen molar-refractivity contribution < 1.29 is 24.1 Å². The highest BCUT2D eigenvalue weighted by atomic mass is 16.7. The summed E-state index contributed by atoms with van der Waals surface area (Å²) in [5.41, 5.74) is 0.604. The van der Waals surface area contributed by atoms with Gasteiger partial charge in [-0.1, -0.05) is 6.07 Å². The predicted molar refractivity (Wildman–Crippen MR) is 58.7 cm³/mol. The Morgan fingerprint density at radius 1 is 1.41 bits per heavy atom. The van der Waals surface area contributed by atoms with E-state index < -0.39 is 18.0 Å². The van der Waals surface area contributed by atoms with E-state index in [0.717, 1.165) is 0 Å². The van der Waals surface area contributed by atoms with Gasteiger partial charge in [0, 0.05) is 0 Å². The Labute approximate surface area is 98.9 Å². The third-order valence-electron chi connectivity index (χ3n) is 2.78. The quantitative estimate of drug-likeness (QED) is 0.803. The lowest BCUT2D eigenvalue weighted by Gasteiger charge is -2.17. The summed E-state index contributed by atoms with van der Waals surface area (Å²) in [5.74, 6) is 0.154. The van der Waals surface area contributed by atoms with Crippen molar-refractivity contribution in [3.63, 3.8) is 0 Å². The van der Waals surface area contributed by atoms with Gasteiger partial charge in [-0.15, -0.1) is 0 Å². The van der Waals surface area contributed by atoms with Crippen LogP contribution in [-0.2, 0) is 9.53 Å². The lowest BCUT2D eigenvalue weighted by molar-refractivity contribution is -0.148. The van der Waals surface area contributed by atoms with Crippen molar-refractivity contribution in [1.82, 2.24) is 0 Å². The molecule has 0 spiro atoms. The van der Waals surface area contributed by atoms with Crippen molar-refractivity contribution in [2.24, 2.45) is 5.92 Å². The standard InChI is InChI=1S/C12H14O5/c1-7(12(14)15-2)11(13)8-3-4-9-10(5-8)17-6-16-9/h3-5,7,11,13H,6H2,1-2H3/t7-,11+/m1/s1. The number of esters is 1. The number of hydrogen-bond donors (Lipinski definition) is 1. The zero-order valence-electron chi connectivity index (χ0n) is 9.67. The van der Waals surface area contributed by atoms with Gasteiger partial charge in [-0.25, -0.2) is 0 Å². The van der Waals surface area contributed by atoms with Crippen LogP contribution in [0.2, 0.25) is 0 Å². The van der Waals surface area contributed by atoms with Crippen LogP contribution < -0.4 is 9.47 Å². The van der Waals surface area contributed by atoms with Gasteiger partial charge in [0.2, 0.25) is 6.79 Å². The number of fused-ring (bicyclic) bond motifs is 1. The minimum absolute atomic E-state index is 0.182. The Hall–Kier alpha value is -1.75. The number of methoxy groups -OCH3 is 1. The molecule has 92 valence electrons. The third kappa shape index (κ3) is 2.19. The van der Waals surface area contributed by atoms with Gasteiger partial charge in [0.15, 0.2) is 11.5 Å². The fraction of sp³-hybridized carbons (Fsp3) is 0.417. The maximum absolute atomic E-state index is 11.3. The molecule has 0 saturated carbocycles. The molecule has 1 N–H and O–H groups in total. The lowest BCUT2D eigenvalue weighted by atomic mass is 9.97. The van der Waals surface area contributed by atoms with E-state index in [-0.39, 0.29) is 6.79 Å². The zero-order chi connectivity index (χ0) is 12.4. The average Bonchev–Trinajstić information content (AvgIpc) is 2.83. The van der Waals surface area contributed by atoms with Crippen molar-refractivity contribution in [3.05, 3.63) is 23.8 Å². The van der Waals surface area contributed by atoms with E-state index in [4.69, 9.17) is 9.47 Å². The van der Waals surface area contributed by atoms with Crippen LogP contribution in [0.4, 0.5) is 0 Å². The number of aliphatic hydroxyl groups excluding tert-OH is 1. The first-order valence-electron chi connectivity index (χ1n) is 5.29. The highest BCUT2D eigenvalue weighted by molar-refractivity contribution is 5.72. The van der Waals surface area contributed by atoms with E-state index in [1.807, 2.05) is 0 Å². The largest absolute Gasteiger partial charge is 0.469 e. The van der Waals surface area contributed by atoms with Crippen LogP contribution >= 0.6 is 0 Å². The summed E-state index contributed by atoms with van der Waals surface area (Å²) in [6.45, 7) is 1.79. The van der Waals surface area contributed by atoms with Gasteiger partial charge >= 0.3 is 5.97 Å². The first-order chi connectivity index (χ1) is 8.13. The predicted octanol–water partition coefficient (Wildman–Crippen LogP) is 1.26. The molecule has 1 aliphatic rings. The Morgan fingerprint density at radius 2 is 2.12 bits per heavy atom. The second-order valence-corrected chi connectivity index (χ2v) is 3.87. The van der Waals surface area contributed by atoms with Gasteiger partial charge < -0.3 is 19.3 Å². The second kappa shape index (κ2) is 4.63. The van der Waals surface area contributed by atoms with Crippen LogP contribution in [0, 0.1) is 5.92 Å². The molecule has 0 aliphatic carbocycles. The number of aliphatic hydroxyl groups is 1. The van der Waals surface area contributed by atoms with Crippen molar-refractivity contribution in [2.75, 3.05) is 13.9 Å². The van der Waals surface area contributed by atoms with E-state index in [1.165, 1.54) is 7.11 Å². The number of carbonyl (C=O) groups is 1. The number of carbonyl (C=O) groups excluding carboxylic acids is 1. The first kappa shape index (κ1) is 11.7. The fourth-order valence-electron chi connectivity index (χ4n) is 1.70. The smallest absolute Gasteiger partial charge is 0.311 e. The molecule has 17 heavy (non-hydrogen) atoms. The first-order valence-corrected chi connectivity index (χ1v) is 5.29. The maximum atomic E-state index is 11.3. The molecule has 0 saturated heterocycles. The Morgan fingerprint density at radius 3 is 2.82 bits per heavy atom. The van der Waals surface area contributed by atoms with E-state index in [2.05, 4.69) is 4.74 Å². The van der Waals surface area contributed by atoms with Gasteiger partial charge in [-0.05, 0) is 24.6 Å². The number of ether oxygens (including phenoxy) is 3. The molecular weight excluding hydrogens is 224 g/mol. The number of hydrogen-bond acceptors (Lipinski definition) is 5. The lowest BCUT2D eigenvalue weighted by Crippen LogP contribution is -2.20. The van der Waals surface area contributed by atoms with E-state index in [1.54, 1.807) is 25.1 Å². The number of rotatable bonds is 3. The van der Waals surface area contributed by atoms with Crippen LogP contribution in [-0.4, -0.2) is 25.0 Å². The molecule has 0 bridgehead atoms. The molecule has 5 nitrogen and oxygen atoms in total. The van der Waals surface area contributed by atoms with Gasteiger partial charge in [-0.3, -0.25) is 4.79 Å². The second-order valence-electron chi connectivity index (χ2n) is 3.87. The Kier molecular flexibility index (Phi) is 3.19. The summed E-state index contributed by atoms with van der Waals surface area (Å²) < 4.78 is 15.0. The van der Waals surface area contributed by atoms with Crippen LogP contribution in [0.5, 0.6) is 11.5 Å². The molecule has 2 atom stereocenters. The molecule has 0 unspecified atom stereocenters. The van der Waals surface area contributed by atoms with Crippen LogP contribution in [0.3, 0.4) is 0 Å². The fourth-order valence-corrected chi connectivity index (χ4v) is 1.70. The summed E-state index contributed by atoms with van der Waals surface area (Å²) in [7, 11) is 1.30. The summed E-state index contributed by atoms with van der Waals surface area (Å²) in [4.78, 5) is 11.3. The molecule has 2 rings (SSSR count). The van der Waals surface area contributed by atoms with Crippen molar-refractivity contribution in [2.45, 2.75) is 13.0 Å². The van der Waals surface area contributed by atoms with Gasteiger partial charge in [0.1, 0.15) is 0 Å². The molecule has 1 heterocycles. The summed E-state index contributed by atoms with van der Waals surface area (Å²) in [6, 6.07) is 5.09. The molecule has 0 amide bonds. The maximum Gasteiger partial charge on any atom is 0.311 e. The summed E-state index contributed by atoms with van der Waals surface area (Å²) >= 11 is 0. The van der Waals surface area contributed by atoms with Crippen molar-refractivity contribution >= 4 is 5.97 Å². The van der Waals surface area contributed by atoms with E-state index in [0.29, 0.717) is 17.1 Å². The van der Waals surface area contributed by atoms with Crippen LogP contribution in [0.15, 0.2) is 18.2 Å². The highest BCUT2D eigenvalue weighted by Gasteiger charge is 2.25. The molecule has 1 aromatic rings. The summed E-state index contributed by atoms with van der Waals surface area (Å²) in [6.07, 6.45) is -0.919. The molecule has 0 fully saturated rings. The van der Waals surface area contributed by atoms with Gasteiger partial charge in [0.25, 0.3) is 0 Å². The minimum atomic E-state index is -0.919. The van der Waals surface area contributed by atoms with Gasteiger partial charge in [-0.2, -0.15) is 0 Å². The van der Waals surface area contributed by atoms with E-state index in [9.17, 15) is 9.90 Å². The third-order valence-corrected chi connectivity index (χ3v) is 2.78. The van der Waals surface area contributed by atoms with E-state index >= 15 is 0 Å². The summed E-state index contributed by atoms with van der Waals surface area (Å²) in [5, 5.41) is 10.0. The normalized spacial score (nSPS) is 16.4. The minimum Gasteiger partial charge on any atom is -0.469 e. The zero-order valence-corrected chi connectivity index (χ0v) is 9.67. The monoisotopic (exact) mass is 238 g/mol. The average molecular weight is 238 g/mol. The van der Waals surface area contributed by atoms with Crippen LogP contribution in [0.25, 0.3) is 0 Å². The molecule has 5 heteroatoms. The molecule has 1 aromatic carbocycles. The SMILES string of the molecule is COC(=O)[C@H](C)[C@H](O)c1ccc2c(c1)OCO2. The molecule has 1 aliphatic heterocycles. The van der Waals surface area contributed by atoms with Crippen molar-refractivity contribution in [1.29, 1.82) is 0 Å². The molecule has 0 radical (unpaired) electrons.